The first-order valence-corrected chi connectivity index (χ1v) is 10.6. The summed E-state index contributed by atoms with van der Waals surface area (Å²) >= 11 is 23.5. The van der Waals surface area contributed by atoms with Crippen LogP contribution < -0.4 is 9.73 Å². The molecule has 0 spiro atoms. The number of halogens is 4. The Morgan fingerprint density at radius 2 is 1.70 bits per heavy atom. The zero-order chi connectivity index (χ0) is 20.2. The average molecular weight is 469 g/mol. The first-order chi connectivity index (χ1) is 12.6. The topological polar surface area (TPSA) is 78.8 Å². The maximum atomic E-state index is 12.1. The van der Waals surface area contributed by atoms with Crippen molar-refractivity contribution >= 4 is 74.2 Å². The van der Waals surface area contributed by atoms with E-state index in [-0.39, 0.29) is 15.7 Å². The van der Waals surface area contributed by atoms with Crippen LogP contribution in [0.3, 0.4) is 0 Å². The SMILES string of the molecule is CS(=O)(=O)N(CC(=O)N/N=C\c1ccc(Cl)c(Cl)c1)c1cc(Cl)cc(Cl)c1. The number of nitrogens with zero attached hydrogens (tertiary/aromatic N) is 2. The fraction of sp³-hybridized carbons (Fsp3) is 0.125. The molecule has 27 heavy (non-hydrogen) atoms. The summed E-state index contributed by atoms with van der Waals surface area (Å²) in [5.41, 5.74) is 3.02. The summed E-state index contributed by atoms with van der Waals surface area (Å²) in [6, 6.07) is 9.04. The lowest BCUT2D eigenvalue weighted by Crippen LogP contribution is -2.39. The molecule has 1 amide bonds. The number of rotatable bonds is 6. The predicted molar refractivity (Wildman–Crippen MR) is 111 cm³/mol. The molecule has 0 bridgehead atoms. The predicted octanol–water partition coefficient (Wildman–Crippen LogP) is 4.22. The molecule has 144 valence electrons. The van der Waals surface area contributed by atoms with Gasteiger partial charge in [0.25, 0.3) is 5.91 Å². The van der Waals surface area contributed by atoms with Gasteiger partial charge in [0.2, 0.25) is 10.0 Å². The number of nitrogens with one attached hydrogen (secondary N) is 1. The van der Waals surface area contributed by atoms with Gasteiger partial charge in [0, 0.05) is 10.0 Å². The number of carbonyl (C=O) groups excluding carboxylic acids is 1. The summed E-state index contributed by atoms with van der Waals surface area (Å²) in [5.74, 6) is -0.659. The van der Waals surface area contributed by atoms with Crippen LogP contribution in [0.1, 0.15) is 5.56 Å². The molecular formula is C16H13Cl4N3O3S. The van der Waals surface area contributed by atoms with Crippen LogP contribution in [0.25, 0.3) is 0 Å². The van der Waals surface area contributed by atoms with Gasteiger partial charge in [-0.15, -0.1) is 0 Å². The van der Waals surface area contributed by atoms with Gasteiger partial charge in [-0.3, -0.25) is 9.10 Å². The Kier molecular flexibility index (Phi) is 7.36. The lowest BCUT2D eigenvalue weighted by Gasteiger charge is -2.21. The summed E-state index contributed by atoms with van der Waals surface area (Å²) in [4.78, 5) is 12.1. The minimum atomic E-state index is -3.76. The monoisotopic (exact) mass is 467 g/mol. The van der Waals surface area contributed by atoms with Crippen molar-refractivity contribution in [1.82, 2.24) is 5.43 Å². The summed E-state index contributed by atoms with van der Waals surface area (Å²) < 4.78 is 25.0. The van der Waals surface area contributed by atoms with Crippen molar-refractivity contribution in [2.75, 3.05) is 17.1 Å². The van der Waals surface area contributed by atoms with Crippen LogP contribution in [0.2, 0.25) is 20.1 Å². The summed E-state index contributed by atoms with van der Waals surface area (Å²) in [6.45, 7) is -0.506. The smallest absolute Gasteiger partial charge is 0.260 e. The standard InChI is InChI=1S/C16H13Cl4N3O3S/c1-27(25,26)23(13-6-11(17)5-12(18)7-13)9-16(24)22-21-8-10-2-3-14(19)15(20)4-10/h2-8H,9H2,1H3,(H,22,24)/b21-8-. The van der Waals surface area contributed by atoms with Gasteiger partial charge >= 0.3 is 0 Å². The zero-order valence-corrected chi connectivity index (χ0v) is 17.6. The highest BCUT2D eigenvalue weighted by Gasteiger charge is 2.21. The molecule has 2 aromatic carbocycles. The van der Waals surface area contributed by atoms with Crippen LogP contribution in [0.5, 0.6) is 0 Å². The second-order valence-corrected chi connectivity index (χ2v) is 8.96. The number of benzene rings is 2. The van der Waals surface area contributed by atoms with Crippen LogP contribution in [-0.2, 0) is 14.8 Å². The second-order valence-electron chi connectivity index (χ2n) is 5.36. The number of hydrogen-bond acceptors (Lipinski definition) is 4. The molecule has 0 atom stereocenters. The Morgan fingerprint density at radius 1 is 1.07 bits per heavy atom. The Hall–Kier alpha value is -1.51. The third-order valence-corrected chi connectivity index (χ3v) is 5.49. The molecular weight excluding hydrogens is 456 g/mol. The normalized spacial score (nSPS) is 11.6. The molecule has 0 saturated carbocycles. The van der Waals surface area contributed by atoms with E-state index in [0.717, 1.165) is 10.6 Å². The van der Waals surface area contributed by atoms with Crippen molar-refractivity contribution in [3.05, 3.63) is 62.1 Å². The van der Waals surface area contributed by atoms with Gasteiger partial charge < -0.3 is 0 Å². The highest BCUT2D eigenvalue weighted by molar-refractivity contribution is 7.92. The highest BCUT2D eigenvalue weighted by atomic mass is 35.5. The molecule has 2 aromatic rings. The largest absolute Gasteiger partial charge is 0.271 e. The molecule has 11 heteroatoms. The van der Waals surface area contributed by atoms with E-state index in [4.69, 9.17) is 46.4 Å². The van der Waals surface area contributed by atoms with E-state index in [1.165, 1.54) is 24.4 Å². The van der Waals surface area contributed by atoms with Crippen molar-refractivity contribution in [2.24, 2.45) is 5.10 Å². The first-order valence-electron chi connectivity index (χ1n) is 7.27. The number of amides is 1. The van der Waals surface area contributed by atoms with E-state index < -0.39 is 22.5 Å². The van der Waals surface area contributed by atoms with Gasteiger partial charge in [-0.1, -0.05) is 52.5 Å². The molecule has 0 fully saturated rings. The molecule has 0 aliphatic heterocycles. The lowest BCUT2D eigenvalue weighted by atomic mass is 10.2. The molecule has 0 aromatic heterocycles. The Labute approximate surface area is 176 Å². The fourth-order valence-corrected chi connectivity index (χ4v) is 3.68. The molecule has 0 aliphatic carbocycles. The summed E-state index contributed by atoms with van der Waals surface area (Å²) in [5, 5.41) is 4.99. The van der Waals surface area contributed by atoms with Crippen LogP contribution in [-0.4, -0.2) is 33.3 Å². The maximum Gasteiger partial charge on any atom is 0.260 e. The van der Waals surface area contributed by atoms with Gasteiger partial charge in [0.05, 0.1) is 28.2 Å². The lowest BCUT2D eigenvalue weighted by molar-refractivity contribution is -0.119. The molecule has 0 aliphatic rings. The van der Waals surface area contributed by atoms with Gasteiger partial charge in [-0.2, -0.15) is 5.10 Å². The summed E-state index contributed by atoms with van der Waals surface area (Å²) in [7, 11) is -3.76. The number of hydrogen-bond donors (Lipinski definition) is 1. The van der Waals surface area contributed by atoms with Gasteiger partial charge in [0.15, 0.2) is 0 Å². The maximum absolute atomic E-state index is 12.1. The highest BCUT2D eigenvalue weighted by Crippen LogP contribution is 2.27. The minimum absolute atomic E-state index is 0.165. The number of carbonyl (C=O) groups is 1. The first kappa shape index (κ1) is 21.8. The van der Waals surface area contributed by atoms with Crippen molar-refractivity contribution in [3.8, 4) is 0 Å². The summed E-state index contributed by atoms with van der Waals surface area (Å²) in [6.07, 6.45) is 2.31. The van der Waals surface area contributed by atoms with E-state index in [1.807, 2.05) is 0 Å². The third-order valence-electron chi connectivity index (χ3n) is 3.17. The number of hydrazone groups is 1. The molecule has 0 saturated heterocycles. The molecule has 6 nitrogen and oxygen atoms in total. The number of sulfonamides is 1. The fourth-order valence-electron chi connectivity index (χ4n) is 2.02. The Morgan fingerprint density at radius 3 is 2.26 bits per heavy atom. The van der Waals surface area contributed by atoms with Crippen molar-refractivity contribution in [3.63, 3.8) is 0 Å². The average Bonchev–Trinajstić information content (AvgIpc) is 2.54. The molecule has 0 radical (unpaired) electrons. The van der Waals surface area contributed by atoms with E-state index in [1.54, 1.807) is 18.2 Å². The molecule has 0 unspecified atom stereocenters. The zero-order valence-electron chi connectivity index (χ0n) is 13.8. The van der Waals surface area contributed by atoms with Crippen LogP contribution in [0.15, 0.2) is 41.5 Å². The van der Waals surface area contributed by atoms with E-state index in [9.17, 15) is 13.2 Å². The van der Waals surface area contributed by atoms with Gasteiger partial charge in [0.1, 0.15) is 6.54 Å². The molecule has 0 heterocycles. The molecule has 2 rings (SSSR count). The van der Waals surface area contributed by atoms with E-state index in [0.29, 0.717) is 15.6 Å². The van der Waals surface area contributed by atoms with Crippen LogP contribution in [0, 0.1) is 0 Å². The molecule has 1 N–H and O–H groups in total. The van der Waals surface area contributed by atoms with E-state index in [2.05, 4.69) is 10.5 Å². The Bertz CT molecular complexity index is 976. The second kappa shape index (κ2) is 9.12. The van der Waals surface area contributed by atoms with E-state index >= 15 is 0 Å². The number of anilines is 1. The van der Waals surface area contributed by atoms with Crippen LogP contribution >= 0.6 is 46.4 Å². The third kappa shape index (κ3) is 6.55. The van der Waals surface area contributed by atoms with Crippen molar-refractivity contribution in [2.45, 2.75) is 0 Å². The minimum Gasteiger partial charge on any atom is -0.271 e. The van der Waals surface area contributed by atoms with Gasteiger partial charge in [-0.05, 0) is 35.9 Å². The van der Waals surface area contributed by atoms with Gasteiger partial charge in [-0.25, -0.2) is 13.8 Å². The van der Waals surface area contributed by atoms with Crippen molar-refractivity contribution < 1.29 is 13.2 Å². The van der Waals surface area contributed by atoms with Crippen molar-refractivity contribution in [1.29, 1.82) is 0 Å². The Balaban J connectivity index is 2.12. The van der Waals surface area contributed by atoms with Crippen LogP contribution in [0.4, 0.5) is 5.69 Å². The quantitative estimate of drug-likeness (QED) is 0.509.